The van der Waals surface area contributed by atoms with Crippen molar-refractivity contribution in [2.24, 2.45) is 0 Å². The molecule has 9 heteroatoms. The highest BCUT2D eigenvalue weighted by Gasteiger charge is 2.39. The molecule has 29 heavy (non-hydrogen) atoms. The molecule has 1 aromatic carbocycles. The Morgan fingerprint density at radius 1 is 1.28 bits per heavy atom. The van der Waals surface area contributed by atoms with Crippen LogP contribution < -0.4 is 15.4 Å². The molecule has 1 aliphatic rings. The van der Waals surface area contributed by atoms with Gasteiger partial charge in [-0.3, -0.25) is 19.2 Å². The van der Waals surface area contributed by atoms with Crippen LogP contribution in [-0.2, 0) is 22.7 Å². The van der Waals surface area contributed by atoms with E-state index < -0.39 is 18.0 Å². The Hall–Kier alpha value is -3.36. The number of methoxy groups -OCH3 is 1. The van der Waals surface area contributed by atoms with Gasteiger partial charge in [0.25, 0.3) is 5.91 Å². The quantitative estimate of drug-likeness (QED) is 0.648. The molecule has 154 valence electrons. The molecule has 0 spiro atoms. The Morgan fingerprint density at radius 3 is 2.72 bits per heavy atom. The van der Waals surface area contributed by atoms with E-state index in [0.29, 0.717) is 24.4 Å². The molecule has 0 saturated carbocycles. The highest BCUT2D eigenvalue weighted by molar-refractivity contribution is 6.05. The van der Waals surface area contributed by atoms with Crippen LogP contribution in [-0.4, -0.2) is 52.2 Å². The summed E-state index contributed by atoms with van der Waals surface area (Å²) in [6, 6.07) is 7.76. The van der Waals surface area contributed by atoms with E-state index in [1.54, 1.807) is 12.1 Å². The first-order valence-corrected chi connectivity index (χ1v) is 9.40. The zero-order valence-electron chi connectivity index (χ0n) is 16.8. The molecule has 2 heterocycles. The van der Waals surface area contributed by atoms with Gasteiger partial charge in [0.1, 0.15) is 11.8 Å². The molecular weight excluding hydrogens is 374 g/mol. The lowest BCUT2D eigenvalue weighted by Gasteiger charge is -2.15. The number of hydrogen-bond acceptors (Lipinski definition) is 5. The molecule has 2 N–H and O–H groups in total. The van der Waals surface area contributed by atoms with Crippen LogP contribution >= 0.6 is 0 Å². The fourth-order valence-electron chi connectivity index (χ4n) is 3.33. The van der Waals surface area contributed by atoms with Crippen molar-refractivity contribution in [3.63, 3.8) is 0 Å². The highest BCUT2D eigenvalue weighted by atomic mass is 16.5. The normalized spacial score (nSPS) is 16.1. The lowest BCUT2D eigenvalue weighted by molar-refractivity contribution is -0.131. The molecule has 0 bridgehead atoms. The van der Waals surface area contributed by atoms with Crippen molar-refractivity contribution in [1.82, 2.24) is 25.3 Å². The molecule has 9 nitrogen and oxygen atoms in total. The number of aromatic nitrogens is 2. The fraction of sp³-hybridized carbons (Fsp3) is 0.400. The number of para-hydroxylation sites is 1. The molecule has 1 aliphatic heterocycles. The third-order valence-corrected chi connectivity index (χ3v) is 4.77. The molecule has 0 radical (unpaired) electrons. The molecule has 2 aromatic rings. The van der Waals surface area contributed by atoms with Gasteiger partial charge in [0, 0.05) is 17.8 Å². The summed E-state index contributed by atoms with van der Waals surface area (Å²) in [5, 5.41) is 9.69. The summed E-state index contributed by atoms with van der Waals surface area (Å²) < 4.78 is 7.08. The second-order valence-electron chi connectivity index (χ2n) is 6.94. The molecule has 0 aliphatic carbocycles. The Balaban J connectivity index is 1.52. The van der Waals surface area contributed by atoms with E-state index in [9.17, 15) is 14.4 Å². The minimum Gasteiger partial charge on any atom is -0.496 e. The summed E-state index contributed by atoms with van der Waals surface area (Å²) in [6.45, 7) is 4.87. The first kappa shape index (κ1) is 20.4. The first-order valence-electron chi connectivity index (χ1n) is 9.40. The number of carbonyl (C=O) groups is 3. The van der Waals surface area contributed by atoms with Gasteiger partial charge in [0.2, 0.25) is 5.91 Å². The summed E-state index contributed by atoms with van der Waals surface area (Å²) in [5.41, 5.74) is 2.65. The number of amides is 4. The van der Waals surface area contributed by atoms with E-state index in [-0.39, 0.29) is 18.9 Å². The van der Waals surface area contributed by atoms with Crippen LogP contribution in [0.3, 0.4) is 0 Å². The maximum absolute atomic E-state index is 12.6. The fourth-order valence-corrected chi connectivity index (χ4v) is 3.33. The molecule has 1 atom stereocenters. The van der Waals surface area contributed by atoms with Crippen molar-refractivity contribution in [3.05, 3.63) is 47.3 Å². The molecular formula is C20H25N5O4. The number of hydrogen-bond donors (Lipinski definition) is 2. The summed E-state index contributed by atoms with van der Waals surface area (Å²) in [4.78, 5) is 38.2. The second kappa shape index (κ2) is 8.76. The lowest BCUT2D eigenvalue weighted by atomic mass is 10.1. The first-order chi connectivity index (χ1) is 13.9. The van der Waals surface area contributed by atoms with Crippen LogP contribution in [0.1, 0.15) is 23.4 Å². The van der Waals surface area contributed by atoms with E-state index in [1.807, 2.05) is 36.7 Å². The zero-order valence-corrected chi connectivity index (χ0v) is 16.8. The third kappa shape index (κ3) is 4.74. The van der Waals surface area contributed by atoms with Crippen LogP contribution in [0.2, 0.25) is 0 Å². The van der Waals surface area contributed by atoms with Crippen molar-refractivity contribution >= 4 is 17.8 Å². The van der Waals surface area contributed by atoms with E-state index in [0.717, 1.165) is 16.3 Å². The lowest BCUT2D eigenvalue weighted by Crippen LogP contribution is -2.37. The number of carbonyl (C=O) groups excluding carboxylic acids is 3. The second-order valence-corrected chi connectivity index (χ2v) is 6.94. The van der Waals surface area contributed by atoms with Crippen LogP contribution in [0.4, 0.5) is 4.79 Å². The summed E-state index contributed by atoms with van der Waals surface area (Å²) >= 11 is 0. The maximum Gasteiger partial charge on any atom is 0.325 e. The van der Waals surface area contributed by atoms with E-state index >= 15 is 0 Å². The van der Waals surface area contributed by atoms with Gasteiger partial charge in [-0.25, -0.2) is 4.79 Å². The van der Waals surface area contributed by atoms with Gasteiger partial charge in [-0.15, -0.1) is 0 Å². The molecule has 3 rings (SSSR count). The van der Waals surface area contributed by atoms with Gasteiger partial charge in [-0.1, -0.05) is 18.2 Å². The molecule has 1 fully saturated rings. The largest absolute Gasteiger partial charge is 0.496 e. The average Bonchev–Trinajstić information content (AvgIpc) is 3.14. The van der Waals surface area contributed by atoms with Crippen molar-refractivity contribution in [2.75, 3.05) is 13.7 Å². The number of urea groups is 1. The predicted octanol–water partition coefficient (Wildman–Crippen LogP) is 1.14. The standard InChI is InChI=1S/C20H25N5O4/c1-13-10-14(2)25(23-13)9-8-21-18(26)11-16-19(27)24(20(28)22-16)12-15-6-4-5-7-17(15)29-3/h4-7,10,16H,8-9,11-12H2,1-3H3,(H,21,26)(H,22,28)/t16-/m0/s1. The van der Waals surface area contributed by atoms with Crippen molar-refractivity contribution in [3.8, 4) is 5.75 Å². The topological polar surface area (TPSA) is 106 Å². The molecule has 1 saturated heterocycles. The van der Waals surface area contributed by atoms with Gasteiger partial charge in [0.15, 0.2) is 0 Å². The minimum atomic E-state index is -0.870. The summed E-state index contributed by atoms with van der Waals surface area (Å²) in [7, 11) is 1.53. The van der Waals surface area contributed by atoms with Crippen LogP contribution in [0.5, 0.6) is 5.75 Å². The monoisotopic (exact) mass is 399 g/mol. The number of aryl methyl sites for hydroxylation is 2. The number of nitrogens with zero attached hydrogens (tertiary/aromatic N) is 3. The van der Waals surface area contributed by atoms with E-state index in [2.05, 4.69) is 15.7 Å². The molecule has 1 aromatic heterocycles. The van der Waals surface area contributed by atoms with Crippen LogP contribution in [0.15, 0.2) is 30.3 Å². The van der Waals surface area contributed by atoms with Crippen molar-refractivity contribution in [1.29, 1.82) is 0 Å². The van der Waals surface area contributed by atoms with Crippen LogP contribution in [0.25, 0.3) is 0 Å². The predicted molar refractivity (Wildman–Crippen MR) is 105 cm³/mol. The zero-order chi connectivity index (χ0) is 21.0. The minimum absolute atomic E-state index is 0.0880. The number of nitrogens with one attached hydrogen (secondary N) is 2. The number of ether oxygens (including phenoxy) is 1. The van der Waals surface area contributed by atoms with Crippen LogP contribution in [0, 0.1) is 13.8 Å². The van der Waals surface area contributed by atoms with Gasteiger partial charge >= 0.3 is 6.03 Å². The Labute approximate surface area is 169 Å². The van der Waals surface area contributed by atoms with Crippen molar-refractivity contribution < 1.29 is 19.1 Å². The van der Waals surface area contributed by atoms with E-state index in [4.69, 9.17) is 4.74 Å². The Bertz CT molecular complexity index is 923. The number of rotatable bonds is 8. The summed E-state index contributed by atoms with van der Waals surface area (Å²) in [6.07, 6.45) is -0.107. The molecule has 0 unspecified atom stereocenters. The SMILES string of the molecule is COc1ccccc1CN1C(=O)N[C@@H](CC(=O)NCCn2nc(C)cc2C)C1=O. The number of benzene rings is 1. The average molecular weight is 399 g/mol. The molecule has 4 amide bonds. The van der Waals surface area contributed by atoms with Gasteiger partial charge in [-0.05, 0) is 26.0 Å². The van der Waals surface area contributed by atoms with E-state index in [1.165, 1.54) is 7.11 Å². The van der Waals surface area contributed by atoms with Gasteiger partial charge < -0.3 is 15.4 Å². The van der Waals surface area contributed by atoms with Crippen molar-refractivity contribution in [2.45, 2.75) is 39.4 Å². The van der Waals surface area contributed by atoms with Gasteiger partial charge in [-0.2, -0.15) is 5.10 Å². The Kier molecular flexibility index (Phi) is 6.16. The Morgan fingerprint density at radius 2 is 2.03 bits per heavy atom. The summed E-state index contributed by atoms with van der Waals surface area (Å²) in [5.74, 6) is -0.127. The number of imide groups is 1. The smallest absolute Gasteiger partial charge is 0.325 e. The maximum atomic E-state index is 12.6. The highest BCUT2D eigenvalue weighted by Crippen LogP contribution is 2.21. The van der Waals surface area contributed by atoms with Gasteiger partial charge in [0.05, 0.1) is 32.3 Å². The third-order valence-electron chi connectivity index (χ3n) is 4.77.